The SMILES string of the molecule is CC(C)NCCc1nc2cc(Cl)cc(Cl)c2o1. The van der Waals surface area contributed by atoms with E-state index < -0.39 is 0 Å². The number of oxazole rings is 1. The molecule has 0 unspecified atom stereocenters. The molecule has 0 saturated heterocycles. The van der Waals surface area contributed by atoms with E-state index in [-0.39, 0.29) is 0 Å². The van der Waals surface area contributed by atoms with Crippen LogP contribution in [0.5, 0.6) is 0 Å². The van der Waals surface area contributed by atoms with E-state index in [1.165, 1.54) is 0 Å². The molecule has 0 fully saturated rings. The monoisotopic (exact) mass is 272 g/mol. The topological polar surface area (TPSA) is 38.1 Å². The smallest absolute Gasteiger partial charge is 0.196 e. The molecule has 92 valence electrons. The van der Waals surface area contributed by atoms with E-state index in [9.17, 15) is 0 Å². The van der Waals surface area contributed by atoms with Gasteiger partial charge in [0.2, 0.25) is 0 Å². The molecule has 0 saturated carbocycles. The van der Waals surface area contributed by atoms with Gasteiger partial charge in [0.05, 0.1) is 5.02 Å². The molecule has 0 aliphatic rings. The Kier molecular flexibility index (Phi) is 3.92. The summed E-state index contributed by atoms with van der Waals surface area (Å²) < 4.78 is 5.59. The van der Waals surface area contributed by atoms with Gasteiger partial charge in [0.25, 0.3) is 0 Å². The van der Waals surface area contributed by atoms with Crippen molar-refractivity contribution in [3.63, 3.8) is 0 Å². The summed E-state index contributed by atoms with van der Waals surface area (Å²) in [6.07, 6.45) is 0.737. The maximum absolute atomic E-state index is 6.03. The molecule has 0 aliphatic carbocycles. The van der Waals surface area contributed by atoms with E-state index >= 15 is 0 Å². The lowest BCUT2D eigenvalue weighted by Crippen LogP contribution is -2.24. The Balaban J connectivity index is 2.17. The van der Waals surface area contributed by atoms with Gasteiger partial charge in [0.1, 0.15) is 5.52 Å². The maximum atomic E-state index is 6.03. The normalized spacial score (nSPS) is 11.6. The standard InChI is InChI=1S/C12H14Cl2N2O/c1-7(2)15-4-3-11-16-10-6-8(13)5-9(14)12(10)17-11/h5-7,15H,3-4H2,1-2H3. The van der Waals surface area contributed by atoms with Crippen molar-refractivity contribution in [2.75, 3.05) is 6.54 Å². The van der Waals surface area contributed by atoms with Crippen LogP contribution < -0.4 is 5.32 Å². The number of hydrogen-bond donors (Lipinski definition) is 1. The van der Waals surface area contributed by atoms with Crippen molar-refractivity contribution >= 4 is 34.3 Å². The second kappa shape index (κ2) is 5.25. The fourth-order valence-corrected chi connectivity index (χ4v) is 2.10. The van der Waals surface area contributed by atoms with E-state index in [4.69, 9.17) is 27.6 Å². The molecule has 0 aliphatic heterocycles. The van der Waals surface area contributed by atoms with Crippen molar-refractivity contribution in [1.29, 1.82) is 0 Å². The molecule has 5 heteroatoms. The average Bonchev–Trinajstić information content (AvgIpc) is 2.60. The summed E-state index contributed by atoms with van der Waals surface area (Å²) in [5, 5.41) is 4.38. The Labute approximate surface area is 110 Å². The molecule has 1 aromatic carbocycles. The lowest BCUT2D eigenvalue weighted by atomic mass is 10.3. The third-order valence-corrected chi connectivity index (χ3v) is 2.84. The van der Waals surface area contributed by atoms with Crippen LogP contribution in [0.1, 0.15) is 19.7 Å². The van der Waals surface area contributed by atoms with Crippen LogP contribution in [0.25, 0.3) is 11.1 Å². The molecular weight excluding hydrogens is 259 g/mol. The summed E-state index contributed by atoms with van der Waals surface area (Å²) in [5.74, 6) is 0.678. The molecule has 1 N–H and O–H groups in total. The van der Waals surface area contributed by atoms with Gasteiger partial charge >= 0.3 is 0 Å². The van der Waals surface area contributed by atoms with Gasteiger partial charge in [-0.2, -0.15) is 0 Å². The van der Waals surface area contributed by atoms with Crippen molar-refractivity contribution in [2.45, 2.75) is 26.3 Å². The average molecular weight is 273 g/mol. The van der Waals surface area contributed by atoms with Gasteiger partial charge < -0.3 is 9.73 Å². The van der Waals surface area contributed by atoms with Gasteiger partial charge in [0, 0.05) is 24.0 Å². The van der Waals surface area contributed by atoms with Gasteiger partial charge in [-0.1, -0.05) is 37.0 Å². The van der Waals surface area contributed by atoms with E-state index in [1.807, 2.05) is 0 Å². The summed E-state index contributed by atoms with van der Waals surface area (Å²) in [7, 11) is 0. The van der Waals surface area contributed by atoms with Crippen molar-refractivity contribution in [3.05, 3.63) is 28.1 Å². The summed E-state index contributed by atoms with van der Waals surface area (Å²) in [4.78, 5) is 4.36. The second-order valence-electron chi connectivity index (χ2n) is 4.20. The Bertz CT molecular complexity index is 522. The van der Waals surface area contributed by atoms with Crippen LogP contribution in [0.3, 0.4) is 0 Å². The quantitative estimate of drug-likeness (QED) is 0.923. The minimum absolute atomic E-state index is 0.456. The van der Waals surface area contributed by atoms with Crippen molar-refractivity contribution < 1.29 is 4.42 Å². The highest BCUT2D eigenvalue weighted by Gasteiger charge is 2.10. The highest BCUT2D eigenvalue weighted by atomic mass is 35.5. The minimum Gasteiger partial charge on any atom is -0.439 e. The molecule has 3 nitrogen and oxygen atoms in total. The Morgan fingerprint density at radius 1 is 1.35 bits per heavy atom. The van der Waals surface area contributed by atoms with Crippen molar-refractivity contribution in [2.24, 2.45) is 0 Å². The molecular formula is C12H14Cl2N2O. The summed E-state index contributed by atoms with van der Waals surface area (Å²) >= 11 is 11.9. The fourth-order valence-electron chi connectivity index (χ4n) is 1.58. The van der Waals surface area contributed by atoms with Crippen LogP contribution in [-0.4, -0.2) is 17.6 Å². The predicted octanol–water partition coefficient (Wildman–Crippen LogP) is 3.68. The Morgan fingerprint density at radius 3 is 2.82 bits per heavy atom. The molecule has 2 rings (SSSR count). The number of nitrogens with zero attached hydrogens (tertiary/aromatic N) is 1. The molecule has 1 heterocycles. The first-order valence-electron chi connectivity index (χ1n) is 5.54. The van der Waals surface area contributed by atoms with E-state index in [2.05, 4.69) is 24.1 Å². The first kappa shape index (κ1) is 12.7. The molecule has 0 bridgehead atoms. The Hall–Kier alpha value is -0.770. The predicted molar refractivity (Wildman–Crippen MR) is 70.9 cm³/mol. The molecule has 0 radical (unpaired) electrons. The number of halogens is 2. The van der Waals surface area contributed by atoms with Crippen molar-refractivity contribution in [3.8, 4) is 0 Å². The van der Waals surface area contributed by atoms with Crippen LogP contribution in [0.15, 0.2) is 16.5 Å². The first-order chi connectivity index (χ1) is 8.06. The zero-order valence-corrected chi connectivity index (χ0v) is 11.3. The zero-order valence-electron chi connectivity index (χ0n) is 9.76. The van der Waals surface area contributed by atoms with Gasteiger partial charge in [-0.15, -0.1) is 0 Å². The third kappa shape index (κ3) is 3.12. The zero-order chi connectivity index (χ0) is 12.4. The highest BCUT2D eigenvalue weighted by molar-refractivity contribution is 6.37. The van der Waals surface area contributed by atoms with Crippen LogP contribution in [0, 0.1) is 0 Å². The first-order valence-corrected chi connectivity index (χ1v) is 6.29. The number of fused-ring (bicyclic) bond motifs is 1. The molecule has 0 spiro atoms. The van der Waals surface area contributed by atoms with E-state index in [1.54, 1.807) is 12.1 Å². The fraction of sp³-hybridized carbons (Fsp3) is 0.417. The molecule has 1 aromatic heterocycles. The van der Waals surface area contributed by atoms with Gasteiger partial charge in [0.15, 0.2) is 11.5 Å². The van der Waals surface area contributed by atoms with Gasteiger partial charge in [-0.3, -0.25) is 0 Å². The number of nitrogens with one attached hydrogen (secondary N) is 1. The van der Waals surface area contributed by atoms with E-state index in [0.29, 0.717) is 33.1 Å². The molecule has 2 aromatic rings. The van der Waals surface area contributed by atoms with E-state index in [0.717, 1.165) is 13.0 Å². The maximum Gasteiger partial charge on any atom is 0.196 e. The lowest BCUT2D eigenvalue weighted by Gasteiger charge is -2.04. The highest BCUT2D eigenvalue weighted by Crippen LogP contribution is 2.28. The largest absolute Gasteiger partial charge is 0.439 e. The molecule has 0 amide bonds. The van der Waals surface area contributed by atoms with Crippen molar-refractivity contribution in [1.82, 2.24) is 10.3 Å². The summed E-state index contributed by atoms with van der Waals surface area (Å²) in [6, 6.07) is 3.87. The minimum atomic E-state index is 0.456. The summed E-state index contributed by atoms with van der Waals surface area (Å²) in [6.45, 7) is 5.03. The number of benzene rings is 1. The second-order valence-corrected chi connectivity index (χ2v) is 5.05. The molecule has 17 heavy (non-hydrogen) atoms. The number of rotatable bonds is 4. The van der Waals surface area contributed by atoms with Crippen LogP contribution in [0.2, 0.25) is 10.0 Å². The lowest BCUT2D eigenvalue weighted by molar-refractivity contribution is 0.501. The third-order valence-electron chi connectivity index (χ3n) is 2.35. The van der Waals surface area contributed by atoms with Crippen LogP contribution >= 0.6 is 23.2 Å². The number of hydrogen-bond acceptors (Lipinski definition) is 3. The van der Waals surface area contributed by atoms with Crippen LogP contribution in [0.4, 0.5) is 0 Å². The summed E-state index contributed by atoms with van der Waals surface area (Å²) in [5.41, 5.74) is 1.32. The number of aromatic nitrogens is 1. The molecule has 0 atom stereocenters. The van der Waals surface area contributed by atoms with Gasteiger partial charge in [-0.05, 0) is 12.1 Å². The van der Waals surface area contributed by atoms with Gasteiger partial charge in [-0.25, -0.2) is 4.98 Å². The Morgan fingerprint density at radius 2 is 2.12 bits per heavy atom. The van der Waals surface area contributed by atoms with Crippen LogP contribution in [-0.2, 0) is 6.42 Å².